The summed E-state index contributed by atoms with van der Waals surface area (Å²) in [7, 11) is 3.75. The molecule has 0 spiro atoms. The van der Waals surface area contributed by atoms with Crippen molar-refractivity contribution in [2.24, 2.45) is 0 Å². The lowest BCUT2D eigenvalue weighted by atomic mass is 9.79. The molecule has 2 nitrogen and oxygen atoms in total. The van der Waals surface area contributed by atoms with Crippen LogP contribution in [0.2, 0.25) is 0 Å². The fraction of sp³-hybridized carbons (Fsp3) is 0.625. The minimum atomic E-state index is 0.254. The molecule has 1 aromatic carbocycles. The monoisotopic (exact) mass is 375 g/mol. The quantitative estimate of drug-likeness (QED) is 0.528. The van der Waals surface area contributed by atoms with Gasteiger partial charge in [0.2, 0.25) is 0 Å². The van der Waals surface area contributed by atoms with Crippen LogP contribution in [0.1, 0.15) is 49.8 Å². The van der Waals surface area contributed by atoms with Crippen LogP contribution in [0, 0.1) is 10.5 Å². The van der Waals surface area contributed by atoms with Crippen LogP contribution < -0.4 is 5.32 Å². The van der Waals surface area contributed by atoms with Crippen molar-refractivity contribution < 1.29 is 5.11 Å². The summed E-state index contributed by atoms with van der Waals surface area (Å²) >= 11 is 2.24. The van der Waals surface area contributed by atoms with E-state index in [2.05, 4.69) is 54.7 Å². The molecule has 0 bridgehead atoms. The molecule has 1 aliphatic carbocycles. The van der Waals surface area contributed by atoms with Crippen LogP contribution in [0.15, 0.2) is 6.07 Å². The zero-order valence-corrected chi connectivity index (χ0v) is 14.9. The lowest BCUT2D eigenvalue weighted by Crippen LogP contribution is -2.18. The SMILES string of the molecule is CNC.Cc1c(O)c(I)cc2c1CCCCC2(C)C. The number of hydrogen-bond acceptors (Lipinski definition) is 2. The Morgan fingerprint density at radius 3 is 2.42 bits per heavy atom. The number of hydrogen-bond donors (Lipinski definition) is 2. The molecule has 0 heterocycles. The minimum absolute atomic E-state index is 0.254. The molecule has 0 unspecified atom stereocenters. The van der Waals surface area contributed by atoms with E-state index in [-0.39, 0.29) is 5.41 Å². The molecule has 0 aromatic heterocycles. The second kappa shape index (κ2) is 6.93. The van der Waals surface area contributed by atoms with Gasteiger partial charge in [0.1, 0.15) is 5.75 Å². The first kappa shape index (κ1) is 16.8. The van der Waals surface area contributed by atoms with Crippen molar-refractivity contribution in [1.82, 2.24) is 5.32 Å². The summed E-state index contributed by atoms with van der Waals surface area (Å²) in [5.41, 5.74) is 4.19. The average Bonchev–Trinajstić information content (AvgIpc) is 2.47. The van der Waals surface area contributed by atoms with E-state index in [1.165, 1.54) is 30.4 Å². The Morgan fingerprint density at radius 1 is 1.26 bits per heavy atom. The second-order valence-electron chi connectivity index (χ2n) is 5.95. The molecule has 0 atom stereocenters. The van der Waals surface area contributed by atoms with Crippen molar-refractivity contribution in [3.63, 3.8) is 0 Å². The van der Waals surface area contributed by atoms with Gasteiger partial charge in [0.05, 0.1) is 3.57 Å². The van der Waals surface area contributed by atoms with Crippen LogP contribution in [0.3, 0.4) is 0 Å². The molecule has 0 amide bonds. The molecule has 0 aliphatic heterocycles. The summed E-state index contributed by atoms with van der Waals surface area (Å²) in [6.07, 6.45) is 4.91. The maximum absolute atomic E-state index is 10.0. The minimum Gasteiger partial charge on any atom is -0.507 e. The van der Waals surface area contributed by atoms with Crippen molar-refractivity contribution in [3.8, 4) is 5.75 Å². The first-order valence-corrected chi connectivity index (χ1v) is 8.03. The van der Waals surface area contributed by atoms with E-state index >= 15 is 0 Å². The lowest BCUT2D eigenvalue weighted by Gasteiger charge is -2.27. The number of benzene rings is 1. The molecule has 2 rings (SSSR count). The molecule has 1 aromatic rings. The van der Waals surface area contributed by atoms with E-state index in [0.29, 0.717) is 5.75 Å². The highest BCUT2D eigenvalue weighted by molar-refractivity contribution is 14.1. The fourth-order valence-electron chi connectivity index (χ4n) is 2.74. The van der Waals surface area contributed by atoms with E-state index in [0.717, 1.165) is 15.6 Å². The van der Waals surface area contributed by atoms with Crippen LogP contribution in [0.25, 0.3) is 0 Å². The molecular formula is C16H26INO. The molecule has 2 N–H and O–H groups in total. The van der Waals surface area contributed by atoms with Crippen molar-refractivity contribution in [2.45, 2.75) is 51.9 Å². The lowest BCUT2D eigenvalue weighted by molar-refractivity contribution is 0.457. The first-order valence-electron chi connectivity index (χ1n) is 6.95. The van der Waals surface area contributed by atoms with E-state index in [1.54, 1.807) is 0 Å². The Hall–Kier alpha value is -0.290. The maximum Gasteiger partial charge on any atom is 0.132 e. The predicted molar refractivity (Wildman–Crippen MR) is 91.1 cm³/mol. The van der Waals surface area contributed by atoms with E-state index < -0.39 is 0 Å². The summed E-state index contributed by atoms with van der Waals surface area (Å²) in [4.78, 5) is 0. The Morgan fingerprint density at radius 2 is 1.84 bits per heavy atom. The standard InChI is InChI=1S/C14H19IO.C2H7N/c1-9-10-6-4-5-7-14(2,3)11(10)8-12(15)13(9)16;1-3-2/h8,16H,4-7H2,1-3H3;3H,1-2H3. The molecule has 0 fully saturated rings. The zero-order chi connectivity index (χ0) is 14.6. The Labute approximate surface area is 131 Å². The fourth-order valence-corrected chi connectivity index (χ4v) is 3.45. The molecule has 3 heteroatoms. The number of aromatic hydroxyl groups is 1. The summed E-state index contributed by atoms with van der Waals surface area (Å²) < 4.78 is 0.990. The number of phenolic OH excluding ortho intramolecular Hbond substituents is 1. The molecule has 0 saturated heterocycles. The molecule has 19 heavy (non-hydrogen) atoms. The number of nitrogens with one attached hydrogen (secondary N) is 1. The summed E-state index contributed by atoms with van der Waals surface area (Å²) in [6, 6.07) is 2.18. The van der Waals surface area contributed by atoms with Gasteiger partial charge in [-0.1, -0.05) is 20.3 Å². The Bertz CT molecular complexity index is 441. The van der Waals surface area contributed by atoms with Gasteiger partial charge in [-0.15, -0.1) is 0 Å². The average molecular weight is 375 g/mol. The third kappa shape index (κ3) is 3.85. The van der Waals surface area contributed by atoms with Gasteiger partial charge >= 0.3 is 0 Å². The molecule has 0 radical (unpaired) electrons. The van der Waals surface area contributed by atoms with Gasteiger partial charge in [0.25, 0.3) is 0 Å². The van der Waals surface area contributed by atoms with Gasteiger partial charge in [-0.25, -0.2) is 0 Å². The van der Waals surface area contributed by atoms with Gasteiger partial charge in [-0.2, -0.15) is 0 Å². The van der Waals surface area contributed by atoms with Gasteiger partial charge < -0.3 is 10.4 Å². The summed E-state index contributed by atoms with van der Waals surface area (Å²) in [6.45, 7) is 6.70. The third-order valence-corrected chi connectivity index (χ3v) is 4.66. The predicted octanol–water partition coefficient (Wildman–Crippen LogP) is 4.14. The zero-order valence-electron chi connectivity index (χ0n) is 12.7. The summed E-state index contributed by atoms with van der Waals surface area (Å²) in [5, 5.41) is 12.8. The van der Waals surface area contributed by atoms with Crippen molar-refractivity contribution in [2.75, 3.05) is 14.1 Å². The molecule has 0 saturated carbocycles. The first-order chi connectivity index (χ1) is 8.85. The molecular weight excluding hydrogens is 349 g/mol. The molecule has 108 valence electrons. The number of phenols is 1. The largest absolute Gasteiger partial charge is 0.507 e. The highest BCUT2D eigenvalue weighted by Crippen LogP contribution is 2.41. The second-order valence-corrected chi connectivity index (χ2v) is 7.11. The van der Waals surface area contributed by atoms with E-state index in [9.17, 15) is 5.11 Å². The normalized spacial score (nSPS) is 16.9. The van der Waals surface area contributed by atoms with Crippen LogP contribution >= 0.6 is 22.6 Å². The van der Waals surface area contributed by atoms with Crippen molar-refractivity contribution >= 4 is 22.6 Å². The van der Waals surface area contributed by atoms with Crippen molar-refractivity contribution in [3.05, 3.63) is 26.3 Å². The Balaban J connectivity index is 0.000000550. The summed E-state index contributed by atoms with van der Waals surface area (Å²) in [5.74, 6) is 0.483. The number of halogens is 1. The Kier molecular flexibility index (Phi) is 6.12. The highest BCUT2D eigenvalue weighted by Gasteiger charge is 2.28. The molecule has 1 aliphatic rings. The van der Waals surface area contributed by atoms with Crippen LogP contribution in [-0.2, 0) is 11.8 Å². The highest BCUT2D eigenvalue weighted by atomic mass is 127. The van der Waals surface area contributed by atoms with E-state index in [1.807, 2.05) is 14.1 Å². The number of rotatable bonds is 0. The smallest absolute Gasteiger partial charge is 0.132 e. The van der Waals surface area contributed by atoms with Gasteiger partial charge in [0.15, 0.2) is 0 Å². The van der Waals surface area contributed by atoms with Crippen LogP contribution in [0.5, 0.6) is 5.75 Å². The third-order valence-electron chi connectivity index (χ3n) is 3.84. The number of fused-ring (bicyclic) bond motifs is 1. The van der Waals surface area contributed by atoms with Crippen LogP contribution in [-0.4, -0.2) is 19.2 Å². The van der Waals surface area contributed by atoms with Crippen molar-refractivity contribution in [1.29, 1.82) is 0 Å². The van der Waals surface area contributed by atoms with Gasteiger partial charge in [-0.05, 0) is 91.0 Å². The maximum atomic E-state index is 10.0. The van der Waals surface area contributed by atoms with Crippen LogP contribution in [0.4, 0.5) is 0 Å². The topological polar surface area (TPSA) is 32.3 Å². The van der Waals surface area contributed by atoms with Gasteiger partial charge in [0, 0.05) is 0 Å². The van der Waals surface area contributed by atoms with Gasteiger partial charge in [-0.3, -0.25) is 0 Å². The van der Waals surface area contributed by atoms with E-state index in [4.69, 9.17) is 0 Å².